The first-order chi connectivity index (χ1) is 7.18. The van der Waals surface area contributed by atoms with E-state index in [1.165, 1.54) is 0 Å². The van der Waals surface area contributed by atoms with Gasteiger partial charge in [0.05, 0.1) is 12.1 Å². The maximum Gasteiger partial charge on any atom is 0.113 e. The number of para-hydroxylation sites is 1. The summed E-state index contributed by atoms with van der Waals surface area (Å²) in [6.07, 6.45) is 0. The Morgan fingerprint density at radius 1 is 1.33 bits per heavy atom. The van der Waals surface area contributed by atoms with Crippen LogP contribution in [0.3, 0.4) is 0 Å². The van der Waals surface area contributed by atoms with Crippen LogP contribution >= 0.6 is 0 Å². The molecule has 0 aliphatic heterocycles. The van der Waals surface area contributed by atoms with E-state index in [9.17, 15) is 0 Å². The van der Waals surface area contributed by atoms with E-state index in [4.69, 9.17) is 5.73 Å². The highest BCUT2D eigenvalue weighted by Gasteiger charge is 2.11. The van der Waals surface area contributed by atoms with Gasteiger partial charge in [0.1, 0.15) is 5.52 Å². The topological polar surface area (TPSA) is 56.7 Å². The first kappa shape index (κ1) is 10.1. The summed E-state index contributed by atoms with van der Waals surface area (Å²) in [5, 5.41) is 8.19. The first-order valence-corrected chi connectivity index (χ1v) is 5.22. The molecular formula is C11H16N4. The number of hydrogen-bond donors (Lipinski definition) is 1. The number of rotatable bonds is 3. The molecule has 1 heterocycles. The van der Waals surface area contributed by atoms with E-state index in [0.717, 1.165) is 17.6 Å². The normalized spacial score (nSPS) is 13.6. The zero-order valence-electron chi connectivity index (χ0n) is 9.09. The summed E-state index contributed by atoms with van der Waals surface area (Å²) in [6, 6.07) is 8.05. The summed E-state index contributed by atoms with van der Waals surface area (Å²) in [6.45, 7) is 4.95. The molecule has 4 nitrogen and oxygen atoms in total. The fraction of sp³-hybridized carbons (Fsp3) is 0.455. The summed E-state index contributed by atoms with van der Waals surface area (Å²) in [5.41, 5.74) is 7.98. The molecule has 0 saturated carbocycles. The maximum absolute atomic E-state index is 6.01. The standard InChI is InChI=1S/C11H16N4/c1-8(2)9(12)7-15-11-6-4-3-5-10(11)13-14-15/h3-6,8-9H,7,12H2,1-2H3/t9-/m0/s1. The largest absolute Gasteiger partial charge is 0.326 e. The molecule has 0 aliphatic carbocycles. The van der Waals surface area contributed by atoms with E-state index in [-0.39, 0.29) is 6.04 Å². The molecule has 15 heavy (non-hydrogen) atoms. The van der Waals surface area contributed by atoms with Crippen LogP contribution in [0.5, 0.6) is 0 Å². The number of aromatic nitrogens is 3. The van der Waals surface area contributed by atoms with Crippen molar-refractivity contribution in [2.24, 2.45) is 11.7 Å². The summed E-state index contributed by atoms with van der Waals surface area (Å²) < 4.78 is 1.88. The molecule has 2 aromatic rings. The predicted octanol–water partition coefficient (Wildman–Crippen LogP) is 1.41. The van der Waals surface area contributed by atoms with Gasteiger partial charge in [0, 0.05) is 6.04 Å². The molecule has 1 aromatic carbocycles. The van der Waals surface area contributed by atoms with E-state index in [1.807, 2.05) is 28.9 Å². The molecule has 0 aliphatic rings. The minimum atomic E-state index is 0.120. The third kappa shape index (κ3) is 1.99. The number of hydrogen-bond acceptors (Lipinski definition) is 3. The fourth-order valence-electron chi connectivity index (χ4n) is 1.46. The van der Waals surface area contributed by atoms with E-state index in [1.54, 1.807) is 0 Å². The molecule has 0 amide bonds. The highest BCUT2D eigenvalue weighted by molar-refractivity contribution is 5.73. The molecule has 0 bridgehead atoms. The third-order valence-electron chi connectivity index (χ3n) is 2.66. The van der Waals surface area contributed by atoms with Gasteiger partial charge in [-0.05, 0) is 18.1 Å². The molecule has 0 saturated heterocycles. The van der Waals surface area contributed by atoms with Crippen molar-refractivity contribution in [3.05, 3.63) is 24.3 Å². The van der Waals surface area contributed by atoms with Gasteiger partial charge in [-0.15, -0.1) is 5.10 Å². The lowest BCUT2D eigenvalue weighted by Crippen LogP contribution is -2.31. The minimum absolute atomic E-state index is 0.120. The Morgan fingerprint density at radius 3 is 2.80 bits per heavy atom. The van der Waals surface area contributed by atoms with Crippen LogP contribution in [-0.2, 0) is 6.54 Å². The van der Waals surface area contributed by atoms with Crippen LogP contribution in [0.4, 0.5) is 0 Å². The van der Waals surface area contributed by atoms with Crippen LogP contribution < -0.4 is 5.73 Å². The maximum atomic E-state index is 6.01. The zero-order valence-corrected chi connectivity index (χ0v) is 9.09. The molecule has 0 radical (unpaired) electrons. The van der Waals surface area contributed by atoms with Gasteiger partial charge in [0.25, 0.3) is 0 Å². The van der Waals surface area contributed by atoms with Crippen molar-refractivity contribution in [1.29, 1.82) is 0 Å². The Kier molecular flexibility index (Phi) is 2.68. The number of fused-ring (bicyclic) bond motifs is 1. The highest BCUT2D eigenvalue weighted by Crippen LogP contribution is 2.11. The predicted molar refractivity (Wildman–Crippen MR) is 60.3 cm³/mol. The first-order valence-electron chi connectivity index (χ1n) is 5.22. The van der Waals surface area contributed by atoms with E-state index in [0.29, 0.717) is 5.92 Å². The third-order valence-corrected chi connectivity index (χ3v) is 2.66. The van der Waals surface area contributed by atoms with Crippen molar-refractivity contribution in [3.8, 4) is 0 Å². The summed E-state index contributed by atoms with van der Waals surface area (Å²) >= 11 is 0. The Bertz CT molecular complexity index is 447. The van der Waals surface area contributed by atoms with Crippen LogP contribution in [0.25, 0.3) is 11.0 Å². The summed E-state index contributed by atoms with van der Waals surface area (Å²) in [7, 11) is 0. The smallest absolute Gasteiger partial charge is 0.113 e. The lowest BCUT2D eigenvalue weighted by atomic mass is 10.1. The molecule has 1 atom stereocenters. The van der Waals surface area contributed by atoms with Crippen molar-refractivity contribution in [3.63, 3.8) is 0 Å². The van der Waals surface area contributed by atoms with Gasteiger partial charge in [-0.3, -0.25) is 0 Å². The van der Waals surface area contributed by atoms with Gasteiger partial charge in [-0.1, -0.05) is 31.2 Å². The van der Waals surface area contributed by atoms with Crippen LogP contribution in [0.2, 0.25) is 0 Å². The Hall–Kier alpha value is -1.42. The molecule has 0 spiro atoms. The van der Waals surface area contributed by atoms with Gasteiger partial charge < -0.3 is 5.73 Å². The molecular weight excluding hydrogens is 188 g/mol. The molecule has 1 aromatic heterocycles. The SMILES string of the molecule is CC(C)[C@@H](N)Cn1nnc2ccccc21. The van der Waals surface area contributed by atoms with Crippen LogP contribution in [0.1, 0.15) is 13.8 Å². The number of nitrogens with two attached hydrogens (primary N) is 1. The summed E-state index contributed by atoms with van der Waals surface area (Å²) in [5.74, 6) is 0.452. The van der Waals surface area contributed by atoms with E-state index >= 15 is 0 Å². The molecule has 2 N–H and O–H groups in total. The monoisotopic (exact) mass is 204 g/mol. The lowest BCUT2D eigenvalue weighted by Gasteiger charge is -2.15. The van der Waals surface area contributed by atoms with Gasteiger partial charge >= 0.3 is 0 Å². The molecule has 80 valence electrons. The highest BCUT2D eigenvalue weighted by atomic mass is 15.4. The van der Waals surface area contributed by atoms with Gasteiger partial charge in [0.15, 0.2) is 0 Å². The van der Waals surface area contributed by atoms with E-state index in [2.05, 4.69) is 24.2 Å². The number of nitrogens with zero attached hydrogens (tertiary/aromatic N) is 3. The van der Waals surface area contributed by atoms with Crippen LogP contribution in [0.15, 0.2) is 24.3 Å². The van der Waals surface area contributed by atoms with Crippen molar-refractivity contribution in [2.45, 2.75) is 26.4 Å². The Labute approximate surface area is 89.1 Å². The second-order valence-electron chi connectivity index (χ2n) is 4.17. The molecule has 0 fully saturated rings. The summed E-state index contributed by atoms with van der Waals surface area (Å²) in [4.78, 5) is 0. The van der Waals surface area contributed by atoms with Crippen molar-refractivity contribution in [1.82, 2.24) is 15.0 Å². The van der Waals surface area contributed by atoms with Gasteiger partial charge in [0.2, 0.25) is 0 Å². The lowest BCUT2D eigenvalue weighted by molar-refractivity contribution is 0.414. The second kappa shape index (κ2) is 3.98. The Morgan fingerprint density at radius 2 is 2.07 bits per heavy atom. The van der Waals surface area contributed by atoms with Gasteiger partial charge in [-0.2, -0.15) is 0 Å². The zero-order chi connectivity index (χ0) is 10.8. The second-order valence-corrected chi connectivity index (χ2v) is 4.17. The fourth-order valence-corrected chi connectivity index (χ4v) is 1.46. The molecule has 4 heteroatoms. The average Bonchev–Trinajstić information content (AvgIpc) is 2.62. The van der Waals surface area contributed by atoms with Crippen molar-refractivity contribution in [2.75, 3.05) is 0 Å². The van der Waals surface area contributed by atoms with E-state index < -0.39 is 0 Å². The minimum Gasteiger partial charge on any atom is -0.326 e. The average molecular weight is 204 g/mol. The molecule has 0 unspecified atom stereocenters. The quantitative estimate of drug-likeness (QED) is 0.822. The molecule has 2 rings (SSSR count). The van der Waals surface area contributed by atoms with Gasteiger partial charge in [-0.25, -0.2) is 4.68 Å². The Balaban J connectivity index is 2.29. The number of benzene rings is 1. The van der Waals surface area contributed by atoms with Crippen LogP contribution in [0, 0.1) is 5.92 Å². The van der Waals surface area contributed by atoms with Crippen molar-refractivity contribution < 1.29 is 0 Å². The van der Waals surface area contributed by atoms with Crippen molar-refractivity contribution >= 4 is 11.0 Å². The van der Waals surface area contributed by atoms with Crippen LogP contribution in [-0.4, -0.2) is 21.0 Å².